The lowest BCUT2D eigenvalue weighted by atomic mass is 10.0. The highest BCUT2D eigenvalue weighted by molar-refractivity contribution is 5.99. The fraction of sp³-hybridized carbons (Fsp3) is 0.241. The standard InChI is InChI=1S/C29H30FN3O2/c1-4-33-20(2)25(24-15-8-9-16-27(24)33)19-28(34)31-26(17-21-11-6-5-7-12-21)29(35)32(3)23-14-10-13-22(30)18-23/h5-16,18,26H,4,17,19H2,1-3H3,(H,31,34)/t26-/m0/s1. The Kier molecular flexibility index (Phi) is 7.30. The van der Waals surface area contributed by atoms with Crippen LogP contribution in [0.25, 0.3) is 10.9 Å². The smallest absolute Gasteiger partial charge is 0.249 e. The van der Waals surface area contributed by atoms with Crippen LogP contribution >= 0.6 is 0 Å². The fourth-order valence-corrected chi connectivity index (χ4v) is 4.63. The molecule has 1 atom stereocenters. The van der Waals surface area contributed by atoms with E-state index in [4.69, 9.17) is 0 Å². The van der Waals surface area contributed by atoms with E-state index in [0.29, 0.717) is 12.1 Å². The number of fused-ring (bicyclic) bond motifs is 1. The minimum absolute atomic E-state index is 0.168. The number of aryl methyl sites for hydroxylation is 1. The van der Waals surface area contributed by atoms with Gasteiger partial charge in [-0.3, -0.25) is 9.59 Å². The van der Waals surface area contributed by atoms with Crippen LogP contribution in [-0.4, -0.2) is 29.5 Å². The molecule has 0 bridgehead atoms. The van der Waals surface area contributed by atoms with Gasteiger partial charge in [-0.1, -0.05) is 54.6 Å². The van der Waals surface area contributed by atoms with E-state index >= 15 is 0 Å². The molecule has 4 rings (SSSR count). The van der Waals surface area contributed by atoms with Crippen molar-refractivity contribution in [1.29, 1.82) is 0 Å². The summed E-state index contributed by atoms with van der Waals surface area (Å²) in [4.78, 5) is 28.1. The summed E-state index contributed by atoms with van der Waals surface area (Å²) >= 11 is 0. The average molecular weight is 472 g/mol. The molecule has 0 saturated heterocycles. The van der Waals surface area contributed by atoms with E-state index in [9.17, 15) is 14.0 Å². The molecule has 2 amide bonds. The molecule has 0 aliphatic heterocycles. The molecule has 0 aliphatic rings. The molecule has 6 heteroatoms. The van der Waals surface area contributed by atoms with E-state index in [-0.39, 0.29) is 18.2 Å². The number of aromatic nitrogens is 1. The van der Waals surface area contributed by atoms with Crippen LogP contribution in [0.3, 0.4) is 0 Å². The van der Waals surface area contributed by atoms with Crippen LogP contribution < -0.4 is 10.2 Å². The van der Waals surface area contributed by atoms with E-state index in [0.717, 1.165) is 34.3 Å². The highest BCUT2D eigenvalue weighted by atomic mass is 19.1. The number of halogens is 1. The number of amides is 2. The minimum Gasteiger partial charge on any atom is -0.345 e. The first-order valence-corrected chi connectivity index (χ1v) is 11.8. The SMILES string of the molecule is CCn1c(C)c(CC(=O)N[C@@H](Cc2ccccc2)C(=O)N(C)c2cccc(F)c2)c2ccccc21. The van der Waals surface area contributed by atoms with Gasteiger partial charge in [0, 0.05) is 42.3 Å². The quantitative estimate of drug-likeness (QED) is 0.391. The molecular weight excluding hydrogens is 441 g/mol. The lowest BCUT2D eigenvalue weighted by Gasteiger charge is -2.25. The molecule has 0 spiro atoms. The zero-order valence-electron chi connectivity index (χ0n) is 20.3. The van der Waals surface area contributed by atoms with Crippen molar-refractivity contribution >= 4 is 28.4 Å². The van der Waals surface area contributed by atoms with Gasteiger partial charge in [0.1, 0.15) is 11.9 Å². The summed E-state index contributed by atoms with van der Waals surface area (Å²) in [7, 11) is 1.60. The van der Waals surface area contributed by atoms with Gasteiger partial charge in [0.25, 0.3) is 0 Å². The lowest BCUT2D eigenvalue weighted by Crippen LogP contribution is -2.49. The van der Waals surface area contributed by atoms with E-state index in [1.165, 1.54) is 17.0 Å². The van der Waals surface area contributed by atoms with E-state index in [1.807, 2.05) is 55.5 Å². The normalized spacial score (nSPS) is 11.9. The van der Waals surface area contributed by atoms with Crippen molar-refractivity contribution in [2.75, 3.05) is 11.9 Å². The first-order valence-electron chi connectivity index (χ1n) is 11.8. The van der Waals surface area contributed by atoms with Crippen molar-refractivity contribution in [2.45, 2.75) is 39.3 Å². The van der Waals surface area contributed by atoms with Gasteiger partial charge in [-0.25, -0.2) is 4.39 Å². The van der Waals surface area contributed by atoms with Crippen LogP contribution in [0.5, 0.6) is 0 Å². The Hall–Kier alpha value is -3.93. The Balaban J connectivity index is 1.60. The van der Waals surface area contributed by atoms with Crippen molar-refractivity contribution in [3.8, 4) is 0 Å². The number of hydrogen-bond acceptors (Lipinski definition) is 2. The second-order valence-electron chi connectivity index (χ2n) is 8.69. The number of benzene rings is 3. The van der Waals surface area contributed by atoms with Gasteiger partial charge in [-0.2, -0.15) is 0 Å². The van der Waals surface area contributed by atoms with Crippen LogP contribution in [0.1, 0.15) is 23.7 Å². The van der Waals surface area contributed by atoms with Gasteiger partial charge in [0.05, 0.1) is 6.42 Å². The van der Waals surface area contributed by atoms with E-state index < -0.39 is 11.9 Å². The summed E-state index contributed by atoms with van der Waals surface area (Å²) < 4.78 is 16.0. The molecule has 0 saturated carbocycles. The average Bonchev–Trinajstić information content (AvgIpc) is 3.13. The molecule has 5 nitrogen and oxygen atoms in total. The molecule has 1 heterocycles. The molecule has 0 radical (unpaired) electrons. The third kappa shape index (κ3) is 5.27. The molecular formula is C29H30FN3O2. The molecule has 0 fully saturated rings. The number of likely N-dealkylation sites (N-methyl/N-ethyl adjacent to an activating group) is 1. The summed E-state index contributed by atoms with van der Waals surface area (Å²) in [6, 6.07) is 22.7. The van der Waals surface area contributed by atoms with Gasteiger partial charge >= 0.3 is 0 Å². The van der Waals surface area contributed by atoms with E-state index in [1.54, 1.807) is 19.2 Å². The predicted octanol–water partition coefficient (Wildman–Crippen LogP) is 5.04. The number of rotatable bonds is 8. The first kappa shape index (κ1) is 24.2. The number of hydrogen-bond donors (Lipinski definition) is 1. The van der Waals surface area contributed by atoms with Crippen molar-refractivity contribution in [2.24, 2.45) is 0 Å². The monoisotopic (exact) mass is 471 g/mol. The predicted molar refractivity (Wildman–Crippen MR) is 138 cm³/mol. The Morgan fingerprint density at radius 3 is 2.43 bits per heavy atom. The van der Waals surface area contributed by atoms with Crippen molar-refractivity contribution < 1.29 is 14.0 Å². The lowest BCUT2D eigenvalue weighted by molar-refractivity contribution is -0.127. The van der Waals surface area contributed by atoms with Gasteiger partial charge in [-0.15, -0.1) is 0 Å². The Morgan fingerprint density at radius 2 is 1.71 bits per heavy atom. The molecule has 180 valence electrons. The van der Waals surface area contributed by atoms with Crippen LogP contribution in [0.15, 0.2) is 78.9 Å². The maximum atomic E-state index is 13.8. The molecule has 1 N–H and O–H groups in total. The summed E-state index contributed by atoms with van der Waals surface area (Å²) in [5, 5.41) is 4.01. The second-order valence-corrected chi connectivity index (χ2v) is 8.69. The summed E-state index contributed by atoms with van der Waals surface area (Å²) in [6.07, 6.45) is 0.502. The highest BCUT2D eigenvalue weighted by Crippen LogP contribution is 2.26. The number of para-hydroxylation sites is 1. The second kappa shape index (κ2) is 10.6. The molecule has 4 aromatic rings. The zero-order valence-corrected chi connectivity index (χ0v) is 20.3. The third-order valence-corrected chi connectivity index (χ3v) is 6.46. The van der Waals surface area contributed by atoms with Crippen molar-refractivity contribution in [3.05, 3.63) is 102 Å². The van der Waals surface area contributed by atoms with Crippen LogP contribution in [0, 0.1) is 12.7 Å². The summed E-state index contributed by atoms with van der Waals surface area (Å²) in [5.74, 6) is -0.955. The molecule has 35 heavy (non-hydrogen) atoms. The summed E-state index contributed by atoms with van der Waals surface area (Å²) in [6.45, 7) is 4.91. The number of nitrogens with zero attached hydrogens (tertiary/aromatic N) is 2. The van der Waals surface area contributed by atoms with Gasteiger partial charge < -0.3 is 14.8 Å². The molecule has 0 aliphatic carbocycles. The zero-order chi connectivity index (χ0) is 24.9. The van der Waals surface area contributed by atoms with Crippen LogP contribution in [0.2, 0.25) is 0 Å². The van der Waals surface area contributed by atoms with E-state index in [2.05, 4.69) is 22.9 Å². The maximum absolute atomic E-state index is 13.8. The van der Waals surface area contributed by atoms with Gasteiger partial charge in [-0.05, 0) is 49.2 Å². The van der Waals surface area contributed by atoms with Crippen LogP contribution in [0.4, 0.5) is 10.1 Å². The number of nitrogens with one attached hydrogen (secondary N) is 1. The Bertz CT molecular complexity index is 1350. The molecule has 0 unspecified atom stereocenters. The third-order valence-electron chi connectivity index (χ3n) is 6.46. The number of carbonyl (C=O) groups excluding carboxylic acids is 2. The Labute approximate surface area is 205 Å². The molecule has 1 aromatic heterocycles. The first-order chi connectivity index (χ1) is 16.9. The number of carbonyl (C=O) groups is 2. The summed E-state index contributed by atoms with van der Waals surface area (Å²) in [5.41, 5.74) is 4.47. The highest BCUT2D eigenvalue weighted by Gasteiger charge is 2.26. The van der Waals surface area contributed by atoms with Crippen LogP contribution in [-0.2, 0) is 29.0 Å². The van der Waals surface area contributed by atoms with Gasteiger partial charge in [0.2, 0.25) is 11.8 Å². The van der Waals surface area contributed by atoms with Gasteiger partial charge in [0.15, 0.2) is 0 Å². The largest absolute Gasteiger partial charge is 0.345 e. The Morgan fingerprint density at radius 1 is 1.00 bits per heavy atom. The molecule has 3 aromatic carbocycles. The fourth-order valence-electron chi connectivity index (χ4n) is 4.63. The topological polar surface area (TPSA) is 54.3 Å². The van der Waals surface area contributed by atoms with Crippen molar-refractivity contribution in [1.82, 2.24) is 9.88 Å². The number of anilines is 1. The maximum Gasteiger partial charge on any atom is 0.249 e. The minimum atomic E-state index is -0.794. The van der Waals surface area contributed by atoms with Crippen molar-refractivity contribution in [3.63, 3.8) is 0 Å².